The molecule has 1 fully saturated rings. The molecular formula is C20H31F3N2O2S. The molecule has 0 unspecified atom stereocenters. The third-order valence-corrected chi connectivity index (χ3v) is 7.62. The van der Waals surface area contributed by atoms with Gasteiger partial charge < -0.3 is 4.90 Å². The van der Waals surface area contributed by atoms with E-state index in [1.165, 1.54) is 11.4 Å². The summed E-state index contributed by atoms with van der Waals surface area (Å²) in [6.45, 7) is 7.92. The van der Waals surface area contributed by atoms with Crippen molar-refractivity contribution in [2.75, 3.05) is 33.2 Å². The van der Waals surface area contributed by atoms with Crippen LogP contribution >= 0.6 is 0 Å². The summed E-state index contributed by atoms with van der Waals surface area (Å²) < 4.78 is 64.7. The first-order valence-electron chi connectivity index (χ1n) is 9.93. The average Bonchev–Trinajstić information content (AvgIpc) is 2.66. The lowest BCUT2D eigenvalue weighted by molar-refractivity contribution is -0.137. The number of nitrogens with zero attached hydrogens (tertiary/aromatic N) is 2. The van der Waals surface area contributed by atoms with Crippen LogP contribution in [0.5, 0.6) is 0 Å². The van der Waals surface area contributed by atoms with E-state index in [0.29, 0.717) is 18.4 Å². The van der Waals surface area contributed by atoms with Crippen molar-refractivity contribution < 1.29 is 21.6 Å². The van der Waals surface area contributed by atoms with E-state index in [4.69, 9.17) is 0 Å². The number of alkyl halides is 3. The second kappa shape index (κ2) is 9.59. The predicted octanol–water partition coefficient (Wildman–Crippen LogP) is 4.47. The fourth-order valence-corrected chi connectivity index (χ4v) is 5.15. The third-order valence-electron chi connectivity index (χ3n) is 5.78. The van der Waals surface area contributed by atoms with Crippen LogP contribution in [0.1, 0.15) is 45.1 Å². The molecule has 0 atom stereocenters. The maximum absolute atomic E-state index is 12.7. The summed E-state index contributed by atoms with van der Waals surface area (Å²) in [6.07, 6.45) is -0.319. The molecule has 4 nitrogen and oxygen atoms in total. The minimum atomic E-state index is -4.47. The van der Waals surface area contributed by atoms with E-state index in [-0.39, 0.29) is 4.90 Å². The Hall–Kier alpha value is -1.12. The van der Waals surface area contributed by atoms with E-state index in [9.17, 15) is 21.6 Å². The van der Waals surface area contributed by atoms with Crippen LogP contribution in [0, 0.1) is 11.8 Å². The Bertz CT molecular complexity index is 708. The quantitative estimate of drug-likeness (QED) is 0.623. The molecule has 28 heavy (non-hydrogen) atoms. The Morgan fingerprint density at radius 3 is 1.82 bits per heavy atom. The Morgan fingerprint density at radius 2 is 1.39 bits per heavy atom. The molecule has 160 valence electrons. The van der Waals surface area contributed by atoms with Gasteiger partial charge in [0.1, 0.15) is 0 Å². The van der Waals surface area contributed by atoms with Crippen LogP contribution in [0.15, 0.2) is 29.2 Å². The highest BCUT2D eigenvalue weighted by atomic mass is 32.2. The summed E-state index contributed by atoms with van der Waals surface area (Å²) in [5.74, 6) is 0.954. The van der Waals surface area contributed by atoms with Gasteiger partial charge in [0.15, 0.2) is 0 Å². The molecule has 2 rings (SSSR count). The van der Waals surface area contributed by atoms with E-state index < -0.39 is 21.8 Å². The smallest absolute Gasteiger partial charge is 0.304 e. The Balaban J connectivity index is 1.92. The summed E-state index contributed by atoms with van der Waals surface area (Å²) in [4.78, 5) is 2.32. The maximum Gasteiger partial charge on any atom is 0.416 e. The van der Waals surface area contributed by atoms with Crippen molar-refractivity contribution in [1.29, 1.82) is 0 Å². The molecule has 0 aromatic heterocycles. The molecule has 0 radical (unpaired) electrons. The number of halogens is 3. The Morgan fingerprint density at radius 1 is 0.929 bits per heavy atom. The van der Waals surface area contributed by atoms with Crippen molar-refractivity contribution in [3.8, 4) is 0 Å². The molecule has 0 N–H and O–H groups in total. The molecule has 0 bridgehead atoms. The molecule has 0 saturated heterocycles. The summed E-state index contributed by atoms with van der Waals surface area (Å²) >= 11 is 0. The summed E-state index contributed by atoms with van der Waals surface area (Å²) in [5, 5.41) is 0. The third kappa shape index (κ3) is 5.94. The highest BCUT2D eigenvalue weighted by molar-refractivity contribution is 7.89. The molecule has 1 aromatic carbocycles. The average molecular weight is 421 g/mol. The fraction of sp³-hybridized carbons (Fsp3) is 0.700. The van der Waals surface area contributed by atoms with Crippen LogP contribution in [0.25, 0.3) is 0 Å². The Kier molecular flexibility index (Phi) is 7.93. The molecule has 0 amide bonds. The summed E-state index contributed by atoms with van der Waals surface area (Å²) in [5.41, 5.74) is -0.847. The van der Waals surface area contributed by atoms with Crippen molar-refractivity contribution in [2.24, 2.45) is 11.8 Å². The van der Waals surface area contributed by atoms with E-state index in [1.807, 2.05) is 0 Å². The van der Waals surface area contributed by atoms with Gasteiger partial charge in [-0.25, -0.2) is 12.7 Å². The van der Waals surface area contributed by atoms with Gasteiger partial charge in [-0.15, -0.1) is 0 Å². The van der Waals surface area contributed by atoms with Crippen LogP contribution in [0.4, 0.5) is 13.2 Å². The van der Waals surface area contributed by atoms with Crippen LogP contribution in [0.2, 0.25) is 0 Å². The number of sulfonamides is 1. The van der Waals surface area contributed by atoms with Gasteiger partial charge in [-0.3, -0.25) is 0 Å². The molecule has 1 aliphatic rings. The van der Waals surface area contributed by atoms with Crippen LogP contribution < -0.4 is 0 Å². The number of hydrogen-bond donors (Lipinski definition) is 0. The number of rotatable bonds is 8. The van der Waals surface area contributed by atoms with E-state index in [2.05, 4.69) is 18.7 Å². The van der Waals surface area contributed by atoms with E-state index in [0.717, 1.165) is 69.6 Å². The maximum atomic E-state index is 12.7. The van der Waals surface area contributed by atoms with Gasteiger partial charge in [0, 0.05) is 20.1 Å². The van der Waals surface area contributed by atoms with Crippen molar-refractivity contribution in [3.05, 3.63) is 29.8 Å². The first-order valence-corrected chi connectivity index (χ1v) is 11.4. The van der Waals surface area contributed by atoms with Gasteiger partial charge in [-0.2, -0.15) is 13.2 Å². The molecule has 0 heterocycles. The standard InChI is InChI=1S/C20H31F3N2O2S/c1-4-25(5-2)15-17-8-6-16(7-9-17)14-24(3)28(26,27)19-12-10-18(11-13-19)20(21,22)23/h10-13,16-17H,4-9,14-15H2,1-3H3/t16-,17-. The van der Waals surface area contributed by atoms with Crippen molar-refractivity contribution >= 4 is 10.0 Å². The lowest BCUT2D eigenvalue weighted by Crippen LogP contribution is -2.35. The number of hydrogen-bond acceptors (Lipinski definition) is 3. The highest BCUT2D eigenvalue weighted by Gasteiger charge is 2.32. The molecule has 1 aliphatic carbocycles. The first-order chi connectivity index (χ1) is 13.1. The lowest BCUT2D eigenvalue weighted by atomic mass is 9.81. The minimum Gasteiger partial charge on any atom is -0.304 e. The van der Waals surface area contributed by atoms with Crippen molar-refractivity contribution in [1.82, 2.24) is 9.21 Å². The van der Waals surface area contributed by atoms with E-state index in [1.54, 1.807) is 0 Å². The van der Waals surface area contributed by atoms with Gasteiger partial charge in [0.25, 0.3) is 0 Å². The lowest BCUT2D eigenvalue weighted by Gasteiger charge is -2.33. The fourth-order valence-electron chi connectivity index (χ4n) is 3.90. The summed E-state index contributed by atoms with van der Waals surface area (Å²) in [7, 11) is -2.27. The minimum absolute atomic E-state index is 0.0989. The van der Waals surface area contributed by atoms with Gasteiger partial charge in [-0.1, -0.05) is 13.8 Å². The second-order valence-electron chi connectivity index (χ2n) is 7.68. The SMILES string of the molecule is CCN(CC)C[C@H]1CC[C@H](CN(C)S(=O)(=O)c2ccc(C(F)(F)F)cc2)CC1. The number of benzene rings is 1. The first kappa shape index (κ1) is 23.2. The van der Waals surface area contributed by atoms with Crippen LogP contribution in [-0.4, -0.2) is 50.8 Å². The van der Waals surface area contributed by atoms with Crippen LogP contribution in [0.3, 0.4) is 0 Å². The molecular weight excluding hydrogens is 389 g/mol. The monoisotopic (exact) mass is 420 g/mol. The topological polar surface area (TPSA) is 40.6 Å². The van der Waals surface area contributed by atoms with Crippen molar-refractivity contribution in [2.45, 2.75) is 50.6 Å². The van der Waals surface area contributed by atoms with Gasteiger partial charge in [0.2, 0.25) is 10.0 Å². The van der Waals surface area contributed by atoms with Crippen LogP contribution in [-0.2, 0) is 16.2 Å². The predicted molar refractivity (Wildman–Crippen MR) is 104 cm³/mol. The zero-order valence-electron chi connectivity index (χ0n) is 16.9. The van der Waals surface area contributed by atoms with Gasteiger partial charge in [-0.05, 0) is 74.9 Å². The molecule has 1 aromatic rings. The highest BCUT2D eigenvalue weighted by Crippen LogP contribution is 2.32. The summed E-state index contributed by atoms with van der Waals surface area (Å²) in [6, 6.07) is 3.71. The molecule has 0 spiro atoms. The molecule has 0 aliphatic heterocycles. The zero-order valence-corrected chi connectivity index (χ0v) is 17.7. The van der Waals surface area contributed by atoms with E-state index >= 15 is 0 Å². The van der Waals surface area contributed by atoms with Gasteiger partial charge >= 0.3 is 6.18 Å². The molecule has 1 saturated carbocycles. The Labute approximate surface area is 166 Å². The normalized spacial score (nSPS) is 21.4. The van der Waals surface area contributed by atoms with Gasteiger partial charge in [0.05, 0.1) is 10.5 Å². The van der Waals surface area contributed by atoms with Crippen molar-refractivity contribution in [3.63, 3.8) is 0 Å². The second-order valence-corrected chi connectivity index (χ2v) is 9.73. The zero-order chi connectivity index (χ0) is 20.9. The molecule has 8 heteroatoms. The largest absolute Gasteiger partial charge is 0.416 e.